The number of fused-ring (bicyclic) bond motifs is 2. The predicted octanol–water partition coefficient (Wildman–Crippen LogP) is 1.35. The number of halogens is 1. The molecule has 0 bridgehead atoms. The number of nitrogens with zero attached hydrogens (tertiary/aromatic N) is 8. The minimum Gasteiger partial charge on any atom is -0.354 e. The number of aryl methyl sites for hydroxylation is 1. The van der Waals surface area contributed by atoms with Gasteiger partial charge < -0.3 is 14.4 Å². The molecule has 0 N–H and O–H groups in total. The topological polar surface area (TPSA) is 75.9 Å². The maximum absolute atomic E-state index is 13.0. The number of aromatic nitrogens is 6. The Morgan fingerprint density at radius 3 is 2.35 bits per heavy atom. The SMILES string of the molecule is CCn1cnc2c(N3CC4CN(c5ncc(F)cn5)CC4C3)ncnc21. The summed E-state index contributed by atoms with van der Waals surface area (Å²) < 4.78 is 15.1. The molecule has 0 spiro atoms. The molecule has 9 heteroatoms. The van der Waals surface area contributed by atoms with Gasteiger partial charge in [0.05, 0.1) is 18.7 Å². The van der Waals surface area contributed by atoms with Crippen molar-refractivity contribution in [2.45, 2.75) is 13.5 Å². The number of hydrogen-bond acceptors (Lipinski definition) is 7. The molecule has 3 aromatic rings. The second-order valence-electron chi connectivity index (χ2n) is 6.93. The average Bonchev–Trinajstić information content (AvgIpc) is 3.34. The normalized spacial score (nSPS) is 22.4. The van der Waals surface area contributed by atoms with Gasteiger partial charge in [0.15, 0.2) is 22.8 Å². The smallest absolute Gasteiger partial charge is 0.225 e. The van der Waals surface area contributed by atoms with Crippen LogP contribution in [-0.4, -0.2) is 55.7 Å². The van der Waals surface area contributed by atoms with Crippen molar-refractivity contribution < 1.29 is 4.39 Å². The van der Waals surface area contributed by atoms with Gasteiger partial charge >= 0.3 is 0 Å². The van der Waals surface area contributed by atoms with E-state index < -0.39 is 5.82 Å². The average molecular weight is 354 g/mol. The molecule has 2 atom stereocenters. The molecule has 8 nitrogen and oxygen atoms in total. The lowest BCUT2D eigenvalue weighted by Gasteiger charge is -2.22. The van der Waals surface area contributed by atoms with E-state index >= 15 is 0 Å². The molecule has 5 heterocycles. The molecule has 26 heavy (non-hydrogen) atoms. The van der Waals surface area contributed by atoms with E-state index in [0.717, 1.165) is 49.7 Å². The molecular formula is C17H19FN8. The van der Waals surface area contributed by atoms with E-state index in [1.165, 1.54) is 12.4 Å². The van der Waals surface area contributed by atoms with Gasteiger partial charge in [0.25, 0.3) is 0 Å². The second kappa shape index (κ2) is 5.86. The fraction of sp³-hybridized carbons (Fsp3) is 0.471. The van der Waals surface area contributed by atoms with Crippen LogP contribution in [0.3, 0.4) is 0 Å². The molecule has 0 aromatic carbocycles. The summed E-state index contributed by atoms with van der Waals surface area (Å²) in [6.45, 7) is 6.52. The maximum atomic E-state index is 13.0. The zero-order chi connectivity index (χ0) is 17.7. The molecule has 134 valence electrons. The molecule has 2 fully saturated rings. The first-order chi connectivity index (χ1) is 12.7. The molecule has 2 aliphatic heterocycles. The van der Waals surface area contributed by atoms with Crippen LogP contribution in [0.2, 0.25) is 0 Å². The summed E-state index contributed by atoms with van der Waals surface area (Å²) in [4.78, 5) is 26.1. The van der Waals surface area contributed by atoms with Gasteiger partial charge in [0.2, 0.25) is 5.95 Å². The summed E-state index contributed by atoms with van der Waals surface area (Å²) in [6.07, 6.45) is 5.90. The minimum absolute atomic E-state index is 0.404. The van der Waals surface area contributed by atoms with E-state index in [4.69, 9.17) is 0 Å². The van der Waals surface area contributed by atoms with Gasteiger partial charge in [-0.15, -0.1) is 0 Å². The largest absolute Gasteiger partial charge is 0.354 e. The molecule has 0 amide bonds. The van der Waals surface area contributed by atoms with Crippen molar-refractivity contribution in [2.24, 2.45) is 11.8 Å². The van der Waals surface area contributed by atoms with Crippen molar-refractivity contribution >= 4 is 22.9 Å². The highest BCUT2D eigenvalue weighted by Crippen LogP contribution is 2.36. The van der Waals surface area contributed by atoms with Gasteiger partial charge in [-0.25, -0.2) is 29.3 Å². The Morgan fingerprint density at radius 2 is 1.65 bits per heavy atom. The molecule has 2 aliphatic rings. The van der Waals surface area contributed by atoms with Crippen LogP contribution in [0.4, 0.5) is 16.2 Å². The summed E-state index contributed by atoms with van der Waals surface area (Å²) in [5.74, 6) is 2.15. The van der Waals surface area contributed by atoms with Crippen LogP contribution in [-0.2, 0) is 6.54 Å². The van der Waals surface area contributed by atoms with E-state index in [2.05, 4.69) is 41.6 Å². The molecule has 0 radical (unpaired) electrons. The summed E-state index contributed by atoms with van der Waals surface area (Å²) in [5, 5.41) is 0. The van der Waals surface area contributed by atoms with E-state index in [-0.39, 0.29) is 0 Å². The Kier molecular flexibility index (Phi) is 3.47. The van der Waals surface area contributed by atoms with Gasteiger partial charge in [-0.2, -0.15) is 0 Å². The zero-order valence-corrected chi connectivity index (χ0v) is 14.5. The third kappa shape index (κ3) is 2.38. The van der Waals surface area contributed by atoms with Crippen molar-refractivity contribution in [3.63, 3.8) is 0 Å². The molecule has 0 aliphatic carbocycles. The van der Waals surface area contributed by atoms with Crippen LogP contribution >= 0.6 is 0 Å². The van der Waals surface area contributed by atoms with Gasteiger partial charge in [-0.3, -0.25) is 0 Å². The fourth-order valence-corrected chi connectivity index (χ4v) is 4.13. The van der Waals surface area contributed by atoms with E-state index in [9.17, 15) is 4.39 Å². The van der Waals surface area contributed by atoms with Gasteiger partial charge in [-0.1, -0.05) is 0 Å². The molecular weight excluding hydrogens is 335 g/mol. The van der Waals surface area contributed by atoms with Gasteiger partial charge in [0, 0.05) is 44.6 Å². The van der Waals surface area contributed by atoms with Crippen molar-refractivity contribution in [1.82, 2.24) is 29.5 Å². The highest BCUT2D eigenvalue weighted by molar-refractivity contribution is 5.83. The number of imidazole rings is 1. The number of hydrogen-bond donors (Lipinski definition) is 0. The zero-order valence-electron chi connectivity index (χ0n) is 14.5. The standard InChI is InChI=1S/C17H19FN8/c1-2-24-10-23-14-15(24)21-9-22-16(14)25-5-11-7-26(8-12(11)6-25)17-19-3-13(18)4-20-17/h3-4,9-12H,2,5-8H2,1H3. The third-order valence-corrected chi connectivity index (χ3v) is 5.40. The lowest BCUT2D eigenvalue weighted by molar-refractivity contribution is 0.533. The van der Waals surface area contributed by atoms with Crippen molar-refractivity contribution in [1.29, 1.82) is 0 Å². The maximum Gasteiger partial charge on any atom is 0.225 e. The van der Waals surface area contributed by atoms with E-state index in [1.807, 2.05) is 10.9 Å². The van der Waals surface area contributed by atoms with Gasteiger partial charge in [0.1, 0.15) is 6.33 Å². The van der Waals surface area contributed by atoms with Crippen LogP contribution in [0.15, 0.2) is 25.0 Å². The van der Waals surface area contributed by atoms with Crippen LogP contribution in [0.5, 0.6) is 0 Å². The molecule has 2 saturated heterocycles. The summed E-state index contributed by atoms with van der Waals surface area (Å²) in [7, 11) is 0. The number of anilines is 2. The monoisotopic (exact) mass is 354 g/mol. The van der Waals surface area contributed by atoms with E-state index in [1.54, 1.807) is 6.33 Å². The Balaban J connectivity index is 1.36. The van der Waals surface area contributed by atoms with Crippen LogP contribution in [0.1, 0.15) is 6.92 Å². The molecule has 3 aromatic heterocycles. The number of rotatable bonds is 3. The Morgan fingerprint density at radius 1 is 0.962 bits per heavy atom. The highest BCUT2D eigenvalue weighted by atomic mass is 19.1. The summed E-state index contributed by atoms with van der Waals surface area (Å²) in [6, 6.07) is 0. The predicted molar refractivity (Wildman–Crippen MR) is 94.4 cm³/mol. The summed E-state index contributed by atoms with van der Waals surface area (Å²) in [5.41, 5.74) is 1.75. The Labute approximate surface area is 149 Å². The van der Waals surface area contributed by atoms with Crippen molar-refractivity contribution in [3.05, 3.63) is 30.9 Å². The Hall–Kier alpha value is -2.84. The summed E-state index contributed by atoms with van der Waals surface area (Å²) >= 11 is 0. The molecule has 0 saturated carbocycles. The highest BCUT2D eigenvalue weighted by Gasteiger charge is 2.41. The van der Waals surface area contributed by atoms with Crippen LogP contribution in [0.25, 0.3) is 11.2 Å². The van der Waals surface area contributed by atoms with Crippen molar-refractivity contribution in [3.8, 4) is 0 Å². The quantitative estimate of drug-likeness (QED) is 0.703. The lowest BCUT2D eigenvalue weighted by atomic mass is 10.0. The first-order valence-corrected chi connectivity index (χ1v) is 8.86. The second-order valence-corrected chi connectivity index (χ2v) is 6.93. The fourth-order valence-electron chi connectivity index (χ4n) is 4.13. The molecule has 2 unspecified atom stereocenters. The van der Waals surface area contributed by atoms with Crippen LogP contribution in [0, 0.1) is 17.7 Å². The third-order valence-electron chi connectivity index (χ3n) is 5.40. The first-order valence-electron chi connectivity index (χ1n) is 8.86. The Bertz CT molecular complexity index is 926. The van der Waals surface area contributed by atoms with Crippen molar-refractivity contribution in [2.75, 3.05) is 36.0 Å². The lowest BCUT2D eigenvalue weighted by Crippen LogP contribution is -2.30. The van der Waals surface area contributed by atoms with E-state index in [0.29, 0.717) is 17.8 Å². The molecule has 5 rings (SSSR count). The first kappa shape index (κ1) is 15.4. The van der Waals surface area contributed by atoms with Gasteiger partial charge in [-0.05, 0) is 6.92 Å². The van der Waals surface area contributed by atoms with Crippen LogP contribution < -0.4 is 9.80 Å². The minimum atomic E-state index is -0.404.